The normalized spacial score (nSPS) is 14.0. The van der Waals surface area contributed by atoms with E-state index in [9.17, 15) is 0 Å². The molecule has 0 bridgehead atoms. The zero-order valence-electron chi connectivity index (χ0n) is 14.8. The lowest BCUT2D eigenvalue weighted by atomic mass is 9.99. The number of hydrogen-bond donors (Lipinski definition) is 1. The summed E-state index contributed by atoms with van der Waals surface area (Å²) in [5, 5.41) is 3.54. The number of ether oxygens (including phenoxy) is 1. The summed E-state index contributed by atoms with van der Waals surface area (Å²) in [6.07, 6.45) is 2.83. The molecule has 0 saturated carbocycles. The molecular weight excluding hydrogens is 260 g/mol. The Kier molecular flexibility index (Phi) is 6.21. The van der Waals surface area contributed by atoms with Gasteiger partial charge in [-0.3, -0.25) is 4.98 Å². The van der Waals surface area contributed by atoms with Crippen LogP contribution < -0.4 is 10.1 Å². The minimum absolute atomic E-state index is 0.172. The number of nitrogens with one attached hydrogen (secondary N) is 1. The molecule has 120 valence electrons. The van der Waals surface area contributed by atoms with E-state index >= 15 is 0 Å². The molecule has 0 aliphatic rings. The molecule has 0 aliphatic carbocycles. The highest BCUT2D eigenvalue weighted by Crippen LogP contribution is 2.17. The zero-order valence-corrected chi connectivity index (χ0v) is 14.8. The molecule has 0 saturated heterocycles. The van der Waals surface area contributed by atoms with Gasteiger partial charge in [-0.2, -0.15) is 0 Å². The van der Waals surface area contributed by atoms with Gasteiger partial charge in [0.05, 0.1) is 12.8 Å². The number of aromatic nitrogens is 1. The smallest absolute Gasteiger partial charge is 0.137 e. The van der Waals surface area contributed by atoms with Crippen LogP contribution in [0.25, 0.3) is 0 Å². The van der Waals surface area contributed by atoms with Gasteiger partial charge in [0.1, 0.15) is 5.75 Å². The molecule has 1 aromatic heterocycles. The van der Waals surface area contributed by atoms with E-state index in [4.69, 9.17) is 4.74 Å². The number of pyridine rings is 1. The summed E-state index contributed by atoms with van der Waals surface area (Å²) in [6.45, 7) is 17.0. The molecule has 1 atom stereocenters. The molecule has 1 N–H and O–H groups in total. The first-order chi connectivity index (χ1) is 9.55. The summed E-state index contributed by atoms with van der Waals surface area (Å²) >= 11 is 0. The Morgan fingerprint density at radius 1 is 1.14 bits per heavy atom. The molecule has 1 aromatic rings. The van der Waals surface area contributed by atoms with Gasteiger partial charge in [0.25, 0.3) is 0 Å². The van der Waals surface area contributed by atoms with Crippen molar-refractivity contribution in [3.8, 4) is 5.75 Å². The van der Waals surface area contributed by atoms with Gasteiger partial charge < -0.3 is 10.1 Å². The van der Waals surface area contributed by atoms with Crippen molar-refractivity contribution >= 4 is 0 Å². The van der Waals surface area contributed by atoms with E-state index in [-0.39, 0.29) is 11.0 Å². The summed E-state index contributed by atoms with van der Waals surface area (Å²) in [6, 6.07) is 4.10. The highest BCUT2D eigenvalue weighted by atomic mass is 16.5. The number of hydrogen-bond acceptors (Lipinski definition) is 3. The molecule has 3 heteroatoms. The molecule has 0 unspecified atom stereocenters. The number of nitrogens with zero attached hydrogens (tertiary/aromatic N) is 1. The molecular formula is C18H32N2O. The predicted molar refractivity (Wildman–Crippen MR) is 89.8 cm³/mol. The summed E-state index contributed by atoms with van der Waals surface area (Å²) in [5.41, 5.74) is 1.47. The SMILES string of the molecule is C[C@@H](CNC(C)(C)C)Cc1ccc(OCC(C)(C)C)cn1. The van der Waals surface area contributed by atoms with E-state index in [0.29, 0.717) is 12.5 Å². The van der Waals surface area contributed by atoms with Crippen LogP contribution in [-0.4, -0.2) is 23.7 Å². The third-order valence-electron chi connectivity index (χ3n) is 3.01. The lowest BCUT2D eigenvalue weighted by molar-refractivity contribution is 0.197. The highest BCUT2D eigenvalue weighted by molar-refractivity contribution is 5.20. The second-order valence-corrected chi connectivity index (χ2v) is 8.27. The fourth-order valence-corrected chi connectivity index (χ4v) is 1.83. The summed E-state index contributed by atoms with van der Waals surface area (Å²) < 4.78 is 5.75. The maximum absolute atomic E-state index is 5.75. The first kappa shape index (κ1) is 18.0. The van der Waals surface area contributed by atoms with E-state index in [1.54, 1.807) is 0 Å². The summed E-state index contributed by atoms with van der Waals surface area (Å²) in [7, 11) is 0. The van der Waals surface area contributed by atoms with Crippen molar-refractivity contribution in [3.05, 3.63) is 24.0 Å². The van der Waals surface area contributed by atoms with Gasteiger partial charge >= 0.3 is 0 Å². The van der Waals surface area contributed by atoms with Crippen LogP contribution in [0.15, 0.2) is 18.3 Å². The Morgan fingerprint density at radius 2 is 1.81 bits per heavy atom. The Morgan fingerprint density at radius 3 is 2.29 bits per heavy atom. The fraction of sp³-hybridized carbons (Fsp3) is 0.722. The largest absolute Gasteiger partial charge is 0.491 e. The van der Waals surface area contributed by atoms with Crippen molar-refractivity contribution in [2.24, 2.45) is 11.3 Å². The van der Waals surface area contributed by atoms with Crippen molar-refractivity contribution in [1.82, 2.24) is 10.3 Å². The standard InChI is InChI=1S/C18H32N2O/c1-14(11-20-18(5,6)7)10-15-8-9-16(12-19-15)21-13-17(2,3)4/h8-9,12,14,20H,10-11,13H2,1-7H3/t14-/m1/s1. The van der Waals surface area contributed by atoms with E-state index < -0.39 is 0 Å². The summed E-state index contributed by atoms with van der Waals surface area (Å²) in [5.74, 6) is 1.42. The van der Waals surface area contributed by atoms with Crippen LogP contribution in [0, 0.1) is 11.3 Å². The second kappa shape index (κ2) is 7.26. The predicted octanol–water partition coefficient (Wildman–Crippen LogP) is 4.07. The Balaban J connectivity index is 2.43. The van der Waals surface area contributed by atoms with E-state index in [2.05, 4.69) is 64.8 Å². The van der Waals surface area contributed by atoms with Crippen molar-refractivity contribution < 1.29 is 4.74 Å². The quantitative estimate of drug-likeness (QED) is 0.858. The zero-order chi connectivity index (χ0) is 16.1. The molecule has 0 spiro atoms. The van der Waals surface area contributed by atoms with Crippen LogP contribution in [0.4, 0.5) is 0 Å². The molecule has 0 amide bonds. The van der Waals surface area contributed by atoms with Crippen LogP contribution in [0.3, 0.4) is 0 Å². The van der Waals surface area contributed by atoms with Crippen LogP contribution in [0.5, 0.6) is 5.75 Å². The van der Waals surface area contributed by atoms with Crippen LogP contribution in [0.1, 0.15) is 54.2 Å². The average Bonchev–Trinajstić information content (AvgIpc) is 2.34. The maximum Gasteiger partial charge on any atom is 0.137 e. The summed E-state index contributed by atoms with van der Waals surface area (Å²) in [4.78, 5) is 4.51. The molecule has 1 rings (SSSR count). The van der Waals surface area contributed by atoms with Gasteiger partial charge in [0, 0.05) is 11.2 Å². The fourth-order valence-electron chi connectivity index (χ4n) is 1.83. The minimum Gasteiger partial charge on any atom is -0.491 e. The van der Waals surface area contributed by atoms with Crippen molar-refractivity contribution in [2.45, 2.75) is 60.4 Å². The molecule has 3 nitrogen and oxygen atoms in total. The highest BCUT2D eigenvalue weighted by Gasteiger charge is 2.13. The van der Waals surface area contributed by atoms with Crippen molar-refractivity contribution in [2.75, 3.05) is 13.2 Å². The van der Waals surface area contributed by atoms with Gasteiger partial charge in [0.2, 0.25) is 0 Å². The van der Waals surface area contributed by atoms with Crippen LogP contribution in [-0.2, 0) is 6.42 Å². The van der Waals surface area contributed by atoms with E-state index in [1.165, 1.54) is 0 Å². The molecule has 1 heterocycles. The van der Waals surface area contributed by atoms with Gasteiger partial charge in [0.15, 0.2) is 0 Å². The van der Waals surface area contributed by atoms with E-state index in [1.807, 2.05) is 12.3 Å². The van der Waals surface area contributed by atoms with Crippen LogP contribution in [0.2, 0.25) is 0 Å². The molecule has 0 aromatic carbocycles. The molecule has 0 aliphatic heterocycles. The molecule has 21 heavy (non-hydrogen) atoms. The molecule has 0 fully saturated rings. The monoisotopic (exact) mass is 292 g/mol. The van der Waals surface area contributed by atoms with E-state index in [0.717, 1.165) is 24.4 Å². The first-order valence-corrected chi connectivity index (χ1v) is 7.88. The number of rotatable bonds is 6. The van der Waals surface area contributed by atoms with Gasteiger partial charge in [-0.05, 0) is 57.2 Å². The topological polar surface area (TPSA) is 34.1 Å². The first-order valence-electron chi connectivity index (χ1n) is 7.88. The minimum atomic E-state index is 0.172. The van der Waals surface area contributed by atoms with Crippen molar-refractivity contribution in [3.63, 3.8) is 0 Å². The average molecular weight is 292 g/mol. The maximum atomic E-state index is 5.75. The second-order valence-electron chi connectivity index (χ2n) is 8.27. The Bertz CT molecular complexity index is 412. The lowest BCUT2D eigenvalue weighted by Gasteiger charge is -2.23. The van der Waals surface area contributed by atoms with Gasteiger partial charge in [-0.1, -0.05) is 27.7 Å². The third kappa shape index (κ3) is 8.71. The third-order valence-corrected chi connectivity index (χ3v) is 3.01. The Labute approximate surface area is 130 Å². The molecule has 0 radical (unpaired) electrons. The lowest BCUT2D eigenvalue weighted by Crippen LogP contribution is -2.39. The van der Waals surface area contributed by atoms with Crippen molar-refractivity contribution in [1.29, 1.82) is 0 Å². The Hall–Kier alpha value is -1.09. The van der Waals surface area contributed by atoms with Gasteiger partial charge in [-0.25, -0.2) is 0 Å². The van der Waals surface area contributed by atoms with Gasteiger partial charge in [-0.15, -0.1) is 0 Å². The van der Waals surface area contributed by atoms with Crippen LogP contribution >= 0.6 is 0 Å².